The average Bonchev–Trinajstić information content (AvgIpc) is 2.81. The number of carbonyl (C=O) groups is 1. The first-order chi connectivity index (χ1) is 8.65. The molecule has 0 radical (unpaired) electrons. The number of pyridine rings is 1. The molecule has 0 bridgehead atoms. The summed E-state index contributed by atoms with van der Waals surface area (Å²) < 4.78 is 0. The molecule has 1 atom stereocenters. The lowest BCUT2D eigenvalue weighted by atomic mass is 10.2. The van der Waals surface area contributed by atoms with Crippen LogP contribution in [-0.4, -0.2) is 16.9 Å². The van der Waals surface area contributed by atoms with E-state index in [1.807, 2.05) is 18.4 Å². The van der Waals surface area contributed by atoms with Crippen molar-refractivity contribution in [1.29, 1.82) is 0 Å². The zero-order valence-corrected chi connectivity index (χ0v) is 10.9. The molecule has 0 spiro atoms. The van der Waals surface area contributed by atoms with Gasteiger partial charge in [-0.25, -0.2) is 4.98 Å². The number of thiophene rings is 1. The Bertz CT molecular complexity index is 525. The molecule has 2 rings (SSSR count). The lowest BCUT2D eigenvalue weighted by Crippen LogP contribution is -2.33. The van der Waals surface area contributed by atoms with Gasteiger partial charge in [-0.2, -0.15) is 0 Å². The SMILES string of the molecule is CC(Cc1cccs1)NC(=O)c1ccnc(N)c1. The summed E-state index contributed by atoms with van der Waals surface area (Å²) in [5.41, 5.74) is 6.09. The van der Waals surface area contributed by atoms with Crippen molar-refractivity contribution in [3.05, 3.63) is 46.3 Å². The molecule has 5 heteroatoms. The van der Waals surface area contributed by atoms with E-state index in [4.69, 9.17) is 5.73 Å². The van der Waals surface area contributed by atoms with Gasteiger partial charge in [-0.05, 0) is 30.5 Å². The van der Waals surface area contributed by atoms with Gasteiger partial charge in [0.15, 0.2) is 0 Å². The van der Waals surface area contributed by atoms with Gasteiger partial charge in [0.1, 0.15) is 5.82 Å². The highest BCUT2D eigenvalue weighted by Crippen LogP contribution is 2.11. The molecule has 2 aromatic heterocycles. The molecule has 0 saturated carbocycles. The van der Waals surface area contributed by atoms with Crippen LogP contribution < -0.4 is 11.1 Å². The number of nitrogen functional groups attached to an aromatic ring is 1. The van der Waals surface area contributed by atoms with Crippen LogP contribution in [0.3, 0.4) is 0 Å². The molecule has 3 N–H and O–H groups in total. The maximum absolute atomic E-state index is 11.9. The normalized spacial score (nSPS) is 12.1. The summed E-state index contributed by atoms with van der Waals surface area (Å²) in [5, 5.41) is 4.98. The molecule has 1 amide bonds. The van der Waals surface area contributed by atoms with E-state index in [9.17, 15) is 4.79 Å². The van der Waals surface area contributed by atoms with E-state index >= 15 is 0 Å². The largest absolute Gasteiger partial charge is 0.384 e. The van der Waals surface area contributed by atoms with E-state index in [0.29, 0.717) is 11.4 Å². The van der Waals surface area contributed by atoms with Crippen molar-refractivity contribution in [3.63, 3.8) is 0 Å². The molecule has 18 heavy (non-hydrogen) atoms. The van der Waals surface area contributed by atoms with Crippen LogP contribution in [0.15, 0.2) is 35.8 Å². The number of hydrogen-bond acceptors (Lipinski definition) is 4. The van der Waals surface area contributed by atoms with Crippen LogP contribution in [0, 0.1) is 0 Å². The van der Waals surface area contributed by atoms with Crippen LogP contribution >= 0.6 is 11.3 Å². The minimum atomic E-state index is -0.117. The van der Waals surface area contributed by atoms with Gasteiger partial charge in [-0.1, -0.05) is 6.07 Å². The molecule has 4 nitrogen and oxygen atoms in total. The van der Waals surface area contributed by atoms with Crippen molar-refractivity contribution >= 4 is 23.1 Å². The Kier molecular flexibility index (Phi) is 3.94. The number of hydrogen-bond donors (Lipinski definition) is 2. The van der Waals surface area contributed by atoms with Gasteiger partial charge < -0.3 is 11.1 Å². The van der Waals surface area contributed by atoms with E-state index in [-0.39, 0.29) is 11.9 Å². The molecule has 0 aromatic carbocycles. The van der Waals surface area contributed by atoms with Gasteiger partial charge in [0, 0.05) is 29.1 Å². The summed E-state index contributed by atoms with van der Waals surface area (Å²) >= 11 is 1.70. The Morgan fingerprint density at radius 2 is 2.39 bits per heavy atom. The predicted octanol–water partition coefficient (Wildman–Crippen LogP) is 2.09. The third kappa shape index (κ3) is 3.30. The molecule has 0 aliphatic rings. The van der Waals surface area contributed by atoms with Gasteiger partial charge in [0.05, 0.1) is 0 Å². The first-order valence-electron chi connectivity index (χ1n) is 5.70. The van der Waals surface area contributed by atoms with Crippen LogP contribution in [0.4, 0.5) is 5.82 Å². The van der Waals surface area contributed by atoms with Gasteiger partial charge in [-0.15, -0.1) is 11.3 Å². The zero-order chi connectivity index (χ0) is 13.0. The number of nitrogens with two attached hydrogens (primary N) is 1. The maximum atomic E-state index is 11.9. The molecule has 0 aliphatic carbocycles. The predicted molar refractivity (Wildman–Crippen MR) is 73.6 cm³/mol. The molecule has 1 unspecified atom stereocenters. The second kappa shape index (κ2) is 5.64. The van der Waals surface area contributed by atoms with Crippen molar-refractivity contribution in [2.24, 2.45) is 0 Å². The Hall–Kier alpha value is -1.88. The van der Waals surface area contributed by atoms with Crippen molar-refractivity contribution < 1.29 is 4.79 Å². The van der Waals surface area contributed by atoms with Gasteiger partial charge in [0.2, 0.25) is 0 Å². The molecule has 0 fully saturated rings. The van der Waals surface area contributed by atoms with Gasteiger partial charge in [-0.3, -0.25) is 4.79 Å². The Morgan fingerprint density at radius 1 is 1.56 bits per heavy atom. The molecule has 2 heterocycles. The fourth-order valence-electron chi connectivity index (χ4n) is 1.68. The summed E-state index contributed by atoms with van der Waals surface area (Å²) in [6.07, 6.45) is 2.37. The number of rotatable bonds is 4. The highest BCUT2D eigenvalue weighted by atomic mass is 32.1. The van der Waals surface area contributed by atoms with Crippen LogP contribution in [0.2, 0.25) is 0 Å². The molecule has 2 aromatic rings. The quantitative estimate of drug-likeness (QED) is 0.885. The lowest BCUT2D eigenvalue weighted by Gasteiger charge is -2.13. The monoisotopic (exact) mass is 261 g/mol. The molecular formula is C13H15N3OS. The summed E-state index contributed by atoms with van der Waals surface area (Å²) in [6, 6.07) is 7.40. The van der Waals surface area contributed by atoms with Gasteiger partial charge in [0.25, 0.3) is 5.91 Å². The minimum absolute atomic E-state index is 0.0885. The highest BCUT2D eigenvalue weighted by Gasteiger charge is 2.11. The van der Waals surface area contributed by atoms with Crippen LogP contribution in [-0.2, 0) is 6.42 Å². The lowest BCUT2D eigenvalue weighted by molar-refractivity contribution is 0.0940. The highest BCUT2D eigenvalue weighted by molar-refractivity contribution is 7.09. The van der Waals surface area contributed by atoms with Gasteiger partial charge >= 0.3 is 0 Å². The fraction of sp³-hybridized carbons (Fsp3) is 0.231. The Labute approximate surface area is 110 Å². The van der Waals surface area contributed by atoms with Crippen LogP contribution in [0.25, 0.3) is 0 Å². The van der Waals surface area contributed by atoms with E-state index in [0.717, 1.165) is 6.42 Å². The molecular weight excluding hydrogens is 246 g/mol. The van der Waals surface area contributed by atoms with Crippen LogP contribution in [0.1, 0.15) is 22.2 Å². The summed E-state index contributed by atoms with van der Waals surface area (Å²) in [7, 11) is 0. The molecule has 0 aliphatic heterocycles. The minimum Gasteiger partial charge on any atom is -0.384 e. The first kappa shape index (κ1) is 12.6. The van der Waals surface area contributed by atoms with E-state index < -0.39 is 0 Å². The second-order valence-electron chi connectivity index (χ2n) is 4.13. The number of nitrogens with zero attached hydrogens (tertiary/aromatic N) is 1. The number of nitrogens with one attached hydrogen (secondary N) is 1. The Morgan fingerprint density at radius 3 is 3.06 bits per heavy atom. The molecule has 94 valence electrons. The number of amides is 1. The summed E-state index contributed by atoms with van der Waals surface area (Å²) in [5.74, 6) is 0.238. The number of carbonyl (C=O) groups excluding carboxylic acids is 1. The van der Waals surface area contributed by atoms with Crippen molar-refractivity contribution in [3.8, 4) is 0 Å². The third-order valence-corrected chi connectivity index (χ3v) is 3.41. The van der Waals surface area contributed by atoms with E-state index in [2.05, 4.69) is 16.4 Å². The van der Waals surface area contributed by atoms with Crippen LogP contribution in [0.5, 0.6) is 0 Å². The van der Waals surface area contributed by atoms with Crippen molar-refractivity contribution in [1.82, 2.24) is 10.3 Å². The summed E-state index contributed by atoms with van der Waals surface area (Å²) in [4.78, 5) is 17.1. The summed E-state index contributed by atoms with van der Waals surface area (Å²) in [6.45, 7) is 1.99. The Balaban J connectivity index is 1.95. The number of aromatic nitrogens is 1. The second-order valence-corrected chi connectivity index (χ2v) is 5.16. The standard InChI is InChI=1S/C13H15N3OS/c1-9(7-11-3-2-6-18-11)16-13(17)10-4-5-15-12(14)8-10/h2-6,8-9H,7H2,1H3,(H2,14,15)(H,16,17). The fourth-order valence-corrected chi connectivity index (χ4v) is 2.51. The van der Waals surface area contributed by atoms with E-state index in [1.54, 1.807) is 23.5 Å². The first-order valence-corrected chi connectivity index (χ1v) is 6.58. The van der Waals surface area contributed by atoms with Crippen molar-refractivity contribution in [2.75, 3.05) is 5.73 Å². The molecule has 0 saturated heterocycles. The average molecular weight is 261 g/mol. The van der Waals surface area contributed by atoms with Crippen molar-refractivity contribution in [2.45, 2.75) is 19.4 Å². The maximum Gasteiger partial charge on any atom is 0.251 e. The smallest absolute Gasteiger partial charge is 0.251 e. The zero-order valence-electron chi connectivity index (χ0n) is 10.1. The number of anilines is 1. The van der Waals surface area contributed by atoms with E-state index in [1.165, 1.54) is 11.1 Å². The third-order valence-electron chi connectivity index (χ3n) is 2.51. The topological polar surface area (TPSA) is 68.0 Å².